The van der Waals surface area contributed by atoms with E-state index in [9.17, 15) is 4.79 Å². The smallest absolute Gasteiger partial charge is 0.266 e. The van der Waals surface area contributed by atoms with Gasteiger partial charge in [-0.1, -0.05) is 41.1 Å². The monoisotopic (exact) mass is 355 g/mol. The molecule has 1 N–H and O–H groups in total. The minimum atomic E-state index is -0.340. The number of halogens is 1. The number of aryl methyl sites for hydroxylation is 1. The molecule has 1 unspecified atom stereocenters. The largest absolute Gasteiger partial charge is 0.283 e. The summed E-state index contributed by atoms with van der Waals surface area (Å²) in [6.07, 6.45) is 4.14. The molecule has 7 heteroatoms. The molecule has 0 aliphatic heterocycles. The maximum absolute atomic E-state index is 11.7. The summed E-state index contributed by atoms with van der Waals surface area (Å²) < 4.78 is 1.99. The zero-order valence-electron chi connectivity index (χ0n) is 13.9. The molecule has 128 valence electrons. The SMILES string of the molecule is Cc1ccccc1Cn1nnc2c1CCC(c1cn[nH]c(=O)c1Cl)C2. The van der Waals surface area contributed by atoms with Gasteiger partial charge in [0.05, 0.1) is 24.1 Å². The van der Waals surface area contributed by atoms with Gasteiger partial charge in [0.15, 0.2) is 0 Å². The van der Waals surface area contributed by atoms with Gasteiger partial charge in [-0.25, -0.2) is 9.78 Å². The van der Waals surface area contributed by atoms with E-state index < -0.39 is 0 Å². The number of benzene rings is 1. The van der Waals surface area contributed by atoms with Gasteiger partial charge in [0, 0.05) is 6.42 Å². The number of aromatic nitrogens is 5. The molecule has 0 spiro atoms. The molecular formula is C18H18ClN5O. The highest BCUT2D eigenvalue weighted by Gasteiger charge is 2.27. The molecule has 3 aromatic rings. The fraction of sp³-hybridized carbons (Fsp3) is 0.333. The molecule has 0 fully saturated rings. The molecule has 25 heavy (non-hydrogen) atoms. The average Bonchev–Trinajstić information content (AvgIpc) is 3.01. The molecule has 0 amide bonds. The predicted molar refractivity (Wildman–Crippen MR) is 94.9 cm³/mol. The van der Waals surface area contributed by atoms with Gasteiger partial charge in [-0.3, -0.25) is 4.79 Å². The molecule has 2 aromatic heterocycles. The molecule has 1 atom stereocenters. The molecular weight excluding hydrogens is 338 g/mol. The van der Waals surface area contributed by atoms with Crippen LogP contribution in [0.3, 0.4) is 0 Å². The van der Waals surface area contributed by atoms with Crippen LogP contribution in [-0.4, -0.2) is 25.2 Å². The minimum absolute atomic E-state index is 0.151. The van der Waals surface area contributed by atoms with Crippen LogP contribution in [0, 0.1) is 6.92 Å². The minimum Gasteiger partial charge on any atom is -0.266 e. The van der Waals surface area contributed by atoms with Gasteiger partial charge in [-0.05, 0) is 42.4 Å². The van der Waals surface area contributed by atoms with Crippen LogP contribution in [0.4, 0.5) is 0 Å². The molecule has 0 radical (unpaired) electrons. The highest BCUT2D eigenvalue weighted by Crippen LogP contribution is 2.33. The second kappa shape index (κ2) is 6.44. The van der Waals surface area contributed by atoms with Crippen molar-refractivity contribution in [2.45, 2.75) is 38.6 Å². The highest BCUT2D eigenvalue weighted by molar-refractivity contribution is 6.31. The van der Waals surface area contributed by atoms with E-state index >= 15 is 0 Å². The second-order valence-corrected chi connectivity index (χ2v) is 6.85. The molecule has 4 rings (SSSR count). The first kappa shape index (κ1) is 16.0. The van der Waals surface area contributed by atoms with Crippen molar-refractivity contribution in [3.05, 3.63) is 73.9 Å². The van der Waals surface area contributed by atoms with Crippen LogP contribution in [0.25, 0.3) is 0 Å². The summed E-state index contributed by atoms with van der Waals surface area (Å²) in [5.41, 5.74) is 5.12. The van der Waals surface area contributed by atoms with Crippen LogP contribution < -0.4 is 5.56 Å². The Morgan fingerprint density at radius 1 is 1.36 bits per heavy atom. The normalized spacial score (nSPS) is 16.6. The van der Waals surface area contributed by atoms with Crippen LogP contribution in [0.5, 0.6) is 0 Å². The lowest BCUT2D eigenvalue weighted by Crippen LogP contribution is -2.19. The van der Waals surface area contributed by atoms with Crippen LogP contribution in [-0.2, 0) is 19.4 Å². The number of hydrogen-bond donors (Lipinski definition) is 1. The summed E-state index contributed by atoms with van der Waals surface area (Å²) in [6.45, 7) is 2.84. The lowest BCUT2D eigenvalue weighted by atomic mass is 9.85. The van der Waals surface area contributed by atoms with Crippen molar-refractivity contribution >= 4 is 11.6 Å². The Hall–Kier alpha value is -2.47. The van der Waals surface area contributed by atoms with Crippen molar-refractivity contribution in [2.75, 3.05) is 0 Å². The van der Waals surface area contributed by atoms with E-state index in [0.29, 0.717) is 0 Å². The quantitative estimate of drug-likeness (QED) is 0.783. The van der Waals surface area contributed by atoms with Crippen LogP contribution in [0.1, 0.15) is 40.4 Å². The summed E-state index contributed by atoms with van der Waals surface area (Å²) >= 11 is 6.16. The third-order valence-electron chi connectivity index (χ3n) is 4.93. The number of fused-ring (bicyclic) bond motifs is 1. The van der Waals surface area contributed by atoms with Gasteiger partial charge < -0.3 is 0 Å². The summed E-state index contributed by atoms with van der Waals surface area (Å²) in [5.74, 6) is 0.151. The van der Waals surface area contributed by atoms with E-state index in [2.05, 4.69) is 39.6 Å². The van der Waals surface area contributed by atoms with Gasteiger partial charge in [-0.2, -0.15) is 5.10 Å². The van der Waals surface area contributed by atoms with Crippen molar-refractivity contribution < 1.29 is 0 Å². The highest BCUT2D eigenvalue weighted by atomic mass is 35.5. The van der Waals surface area contributed by atoms with Gasteiger partial charge in [0.2, 0.25) is 0 Å². The summed E-state index contributed by atoms with van der Waals surface area (Å²) in [7, 11) is 0. The maximum Gasteiger partial charge on any atom is 0.283 e. The lowest BCUT2D eigenvalue weighted by molar-refractivity contribution is 0.542. The summed E-state index contributed by atoms with van der Waals surface area (Å²) in [6, 6.07) is 8.32. The second-order valence-electron chi connectivity index (χ2n) is 6.48. The number of rotatable bonds is 3. The molecule has 1 aliphatic rings. The Labute approximate surface area is 149 Å². The van der Waals surface area contributed by atoms with E-state index in [0.717, 1.165) is 37.1 Å². The van der Waals surface area contributed by atoms with E-state index in [-0.39, 0.29) is 16.5 Å². The van der Waals surface area contributed by atoms with E-state index in [1.54, 1.807) is 6.20 Å². The fourth-order valence-corrected chi connectivity index (χ4v) is 3.72. The van der Waals surface area contributed by atoms with E-state index in [1.165, 1.54) is 16.8 Å². The number of H-pyrrole nitrogens is 1. The van der Waals surface area contributed by atoms with Crippen molar-refractivity contribution in [3.63, 3.8) is 0 Å². The van der Waals surface area contributed by atoms with Crippen molar-refractivity contribution in [3.8, 4) is 0 Å². The average molecular weight is 356 g/mol. The first-order valence-electron chi connectivity index (χ1n) is 8.32. The van der Waals surface area contributed by atoms with Crippen LogP contribution >= 0.6 is 11.6 Å². The number of nitrogens with one attached hydrogen (secondary N) is 1. The summed E-state index contributed by atoms with van der Waals surface area (Å²) in [5, 5.41) is 15.2. The Balaban J connectivity index is 1.60. The van der Waals surface area contributed by atoms with Gasteiger partial charge in [0.25, 0.3) is 5.56 Å². The fourth-order valence-electron chi connectivity index (χ4n) is 3.47. The van der Waals surface area contributed by atoms with Gasteiger partial charge >= 0.3 is 0 Å². The van der Waals surface area contributed by atoms with E-state index in [4.69, 9.17) is 11.6 Å². The van der Waals surface area contributed by atoms with Crippen molar-refractivity contribution in [1.29, 1.82) is 0 Å². The first-order chi connectivity index (χ1) is 12.1. The molecule has 1 aliphatic carbocycles. The van der Waals surface area contributed by atoms with Crippen LogP contribution in [0.15, 0.2) is 35.3 Å². The molecule has 0 bridgehead atoms. The Morgan fingerprint density at radius 3 is 3.04 bits per heavy atom. The topological polar surface area (TPSA) is 76.5 Å². The molecule has 0 saturated heterocycles. The predicted octanol–water partition coefficient (Wildman–Crippen LogP) is 2.64. The zero-order valence-corrected chi connectivity index (χ0v) is 14.6. The van der Waals surface area contributed by atoms with E-state index in [1.807, 2.05) is 16.8 Å². The zero-order chi connectivity index (χ0) is 17.4. The first-order valence-corrected chi connectivity index (χ1v) is 8.70. The van der Waals surface area contributed by atoms with Crippen molar-refractivity contribution in [1.82, 2.24) is 25.2 Å². The third-order valence-corrected chi connectivity index (χ3v) is 5.32. The molecule has 0 saturated carbocycles. The summed E-state index contributed by atoms with van der Waals surface area (Å²) in [4.78, 5) is 11.7. The molecule has 2 heterocycles. The molecule has 1 aromatic carbocycles. The third kappa shape index (κ3) is 2.98. The molecule has 6 nitrogen and oxygen atoms in total. The standard InChI is InChI=1S/C18H18ClN5O/c1-11-4-2-3-5-13(11)10-24-16-7-6-12(8-15(16)21-23-24)14-9-20-22-18(25)17(14)19/h2-5,9,12H,6-8,10H2,1H3,(H,22,25). The van der Waals surface area contributed by atoms with Gasteiger partial charge in [-0.15, -0.1) is 5.10 Å². The van der Waals surface area contributed by atoms with Crippen molar-refractivity contribution in [2.24, 2.45) is 0 Å². The maximum atomic E-state index is 11.7. The Bertz CT molecular complexity index is 978. The number of nitrogens with zero attached hydrogens (tertiary/aromatic N) is 4. The Kier molecular flexibility index (Phi) is 4.13. The van der Waals surface area contributed by atoms with Crippen LogP contribution in [0.2, 0.25) is 5.02 Å². The number of aromatic amines is 1. The lowest BCUT2D eigenvalue weighted by Gasteiger charge is -2.22. The van der Waals surface area contributed by atoms with Gasteiger partial charge in [0.1, 0.15) is 5.02 Å². The Morgan fingerprint density at radius 2 is 2.20 bits per heavy atom. The number of hydrogen-bond acceptors (Lipinski definition) is 4.